The first kappa shape index (κ1) is 14.3. The van der Waals surface area contributed by atoms with Gasteiger partial charge in [0.15, 0.2) is 0 Å². The number of rotatable bonds is 3. The van der Waals surface area contributed by atoms with Crippen LogP contribution in [0.2, 0.25) is 0 Å². The minimum absolute atomic E-state index is 0.167. The van der Waals surface area contributed by atoms with E-state index in [-0.39, 0.29) is 11.5 Å². The summed E-state index contributed by atoms with van der Waals surface area (Å²) >= 11 is 0. The molecule has 0 spiro atoms. The van der Waals surface area contributed by atoms with Crippen LogP contribution >= 0.6 is 0 Å². The van der Waals surface area contributed by atoms with Crippen molar-refractivity contribution in [3.63, 3.8) is 0 Å². The van der Waals surface area contributed by atoms with Gasteiger partial charge >= 0.3 is 0 Å². The van der Waals surface area contributed by atoms with Gasteiger partial charge in [-0.05, 0) is 31.7 Å². The van der Waals surface area contributed by atoms with E-state index in [9.17, 15) is 0 Å². The maximum Gasteiger partial charge on any atom is 0.109 e. The highest BCUT2D eigenvalue weighted by Gasteiger charge is 2.35. The lowest BCUT2D eigenvalue weighted by molar-refractivity contribution is 0.226. The molecule has 1 aliphatic carbocycles. The topological polar surface area (TPSA) is 51.0 Å². The highest BCUT2D eigenvalue weighted by atomic mass is 16.3. The lowest BCUT2D eigenvalue weighted by Crippen LogP contribution is -2.34. The fourth-order valence-corrected chi connectivity index (χ4v) is 3.25. The van der Waals surface area contributed by atoms with Crippen LogP contribution in [0.5, 0.6) is 0 Å². The minimum Gasteiger partial charge on any atom is -0.466 e. The summed E-state index contributed by atoms with van der Waals surface area (Å²) < 4.78 is 5.89. The molecule has 0 radical (unpaired) electrons. The van der Waals surface area contributed by atoms with E-state index in [1.807, 2.05) is 13.1 Å². The van der Waals surface area contributed by atoms with Crippen LogP contribution in [-0.4, -0.2) is 9.97 Å². The molecule has 0 fully saturated rings. The molecule has 0 aliphatic heterocycles. The van der Waals surface area contributed by atoms with E-state index >= 15 is 0 Å². The molecule has 3 rings (SSSR count). The normalized spacial score (nSPS) is 21.8. The van der Waals surface area contributed by atoms with Crippen LogP contribution in [0.3, 0.4) is 0 Å². The Kier molecular flexibility index (Phi) is 3.57. The van der Waals surface area contributed by atoms with Gasteiger partial charge in [0.2, 0.25) is 0 Å². The summed E-state index contributed by atoms with van der Waals surface area (Å²) in [6, 6.07) is 2.64. The van der Waals surface area contributed by atoms with Gasteiger partial charge in [-0.3, -0.25) is 9.97 Å². The van der Waals surface area contributed by atoms with Gasteiger partial charge in [0, 0.05) is 42.7 Å². The second kappa shape index (κ2) is 5.26. The molecule has 2 atom stereocenters. The first-order chi connectivity index (χ1) is 9.94. The smallest absolute Gasteiger partial charge is 0.109 e. The third kappa shape index (κ3) is 3.00. The first-order valence-corrected chi connectivity index (χ1v) is 7.56. The average molecular weight is 285 g/mol. The summed E-state index contributed by atoms with van der Waals surface area (Å²) in [6.45, 7) is 8.76. The van der Waals surface area contributed by atoms with E-state index in [0.717, 1.165) is 30.1 Å². The number of hydrogen-bond donors (Lipinski definition) is 1. The largest absolute Gasteiger partial charge is 0.466 e. The summed E-state index contributed by atoms with van der Waals surface area (Å²) in [5.41, 5.74) is 2.53. The van der Waals surface area contributed by atoms with Crippen LogP contribution in [0.15, 0.2) is 29.1 Å². The maximum atomic E-state index is 5.89. The van der Waals surface area contributed by atoms with Crippen molar-refractivity contribution in [3.8, 4) is 0 Å². The molecule has 112 valence electrons. The van der Waals surface area contributed by atoms with Crippen molar-refractivity contribution >= 4 is 0 Å². The number of nitrogens with zero attached hydrogens (tertiary/aromatic N) is 2. The molecule has 0 aromatic carbocycles. The summed E-state index contributed by atoms with van der Waals surface area (Å²) in [6.07, 6.45) is 7.38. The van der Waals surface area contributed by atoms with Gasteiger partial charge in [-0.15, -0.1) is 0 Å². The Morgan fingerprint density at radius 3 is 2.90 bits per heavy atom. The molecule has 0 saturated carbocycles. The average Bonchev–Trinajstić information content (AvgIpc) is 2.78. The van der Waals surface area contributed by atoms with Gasteiger partial charge in [-0.1, -0.05) is 13.8 Å². The Morgan fingerprint density at radius 2 is 2.19 bits per heavy atom. The van der Waals surface area contributed by atoms with E-state index in [1.165, 1.54) is 5.56 Å². The molecule has 2 aromatic rings. The molecule has 2 unspecified atom stereocenters. The number of furan rings is 1. The fraction of sp³-hybridized carbons (Fsp3) is 0.529. The van der Waals surface area contributed by atoms with Gasteiger partial charge in [-0.25, -0.2) is 0 Å². The van der Waals surface area contributed by atoms with E-state index in [1.54, 1.807) is 12.4 Å². The maximum absolute atomic E-state index is 5.89. The quantitative estimate of drug-likeness (QED) is 0.933. The van der Waals surface area contributed by atoms with E-state index in [4.69, 9.17) is 4.42 Å². The van der Waals surface area contributed by atoms with E-state index in [2.05, 4.69) is 42.1 Å². The monoisotopic (exact) mass is 285 g/mol. The van der Waals surface area contributed by atoms with Gasteiger partial charge < -0.3 is 9.73 Å². The molecule has 2 aromatic heterocycles. The molecular formula is C17H23N3O. The standard InChI is InChI=1S/C17H23N3O/c1-11-7-13-14(8-17(3,4)9-16(13)21-11)20-12(2)15-10-18-5-6-19-15/h5-7,10,12,14,20H,8-9H2,1-4H3. The molecule has 21 heavy (non-hydrogen) atoms. The molecule has 1 aliphatic rings. The second-order valence-corrected chi connectivity index (χ2v) is 6.85. The van der Waals surface area contributed by atoms with Crippen LogP contribution in [0.1, 0.15) is 62.1 Å². The minimum atomic E-state index is 0.167. The molecule has 2 heterocycles. The van der Waals surface area contributed by atoms with Crippen molar-refractivity contribution in [2.45, 2.75) is 52.6 Å². The molecule has 0 bridgehead atoms. The van der Waals surface area contributed by atoms with Crippen LogP contribution in [0.4, 0.5) is 0 Å². The van der Waals surface area contributed by atoms with Gasteiger partial charge in [0.25, 0.3) is 0 Å². The van der Waals surface area contributed by atoms with Gasteiger partial charge in [0.1, 0.15) is 11.5 Å². The van der Waals surface area contributed by atoms with E-state index < -0.39 is 0 Å². The van der Waals surface area contributed by atoms with Crippen molar-refractivity contribution in [1.82, 2.24) is 15.3 Å². The van der Waals surface area contributed by atoms with Gasteiger partial charge in [0.05, 0.1) is 5.69 Å². The van der Waals surface area contributed by atoms with Crippen LogP contribution in [-0.2, 0) is 6.42 Å². The number of hydrogen-bond acceptors (Lipinski definition) is 4. The zero-order valence-electron chi connectivity index (χ0n) is 13.2. The summed E-state index contributed by atoms with van der Waals surface area (Å²) in [5, 5.41) is 3.70. The first-order valence-electron chi connectivity index (χ1n) is 7.56. The van der Waals surface area contributed by atoms with Crippen LogP contribution in [0, 0.1) is 12.3 Å². The third-order valence-corrected chi connectivity index (χ3v) is 4.21. The zero-order valence-corrected chi connectivity index (χ0v) is 13.2. The Balaban J connectivity index is 1.84. The Morgan fingerprint density at radius 1 is 1.38 bits per heavy atom. The number of nitrogens with one attached hydrogen (secondary N) is 1. The van der Waals surface area contributed by atoms with Crippen molar-refractivity contribution in [2.24, 2.45) is 5.41 Å². The number of fused-ring (bicyclic) bond motifs is 1. The van der Waals surface area contributed by atoms with Crippen molar-refractivity contribution in [1.29, 1.82) is 0 Å². The molecule has 0 amide bonds. The van der Waals surface area contributed by atoms with Crippen LogP contribution in [0.25, 0.3) is 0 Å². The van der Waals surface area contributed by atoms with Crippen molar-refractivity contribution in [2.75, 3.05) is 0 Å². The molecule has 4 heteroatoms. The number of aryl methyl sites for hydroxylation is 1. The van der Waals surface area contributed by atoms with E-state index in [0.29, 0.717) is 6.04 Å². The second-order valence-electron chi connectivity index (χ2n) is 6.85. The Hall–Kier alpha value is -1.68. The zero-order chi connectivity index (χ0) is 15.0. The predicted octanol–water partition coefficient (Wildman–Crippen LogP) is 3.74. The molecule has 1 N–H and O–H groups in total. The fourth-order valence-electron chi connectivity index (χ4n) is 3.25. The highest BCUT2D eigenvalue weighted by molar-refractivity contribution is 5.29. The predicted molar refractivity (Wildman–Crippen MR) is 81.9 cm³/mol. The van der Waals surface area contributed by atoms with Crippen LogP contribution < -0.4 is 5.32 Å². The lowest BCUT2D eigenvalue weighted by atomic mass is 9.74. The summed E-state index contributed by atoms with van der Waals surface area (Å²) in [7, 11) is 0. The molecule has 0 saturated heterocycles. The molecule has 4 nitrogen and oxygen atoms in total. The summed E-state index contributed by atoms with van der Waals surface area (Å²) in [4.78, 5) is 8.55. The van der Waals surface area contributed by atoms with Crippen molar-refractivity contribution in [3.05, 3.63) is 47.4 Å². The van der Waals surface area contributed by atoms with Gasteiger partial charge in [-0.2, -0.15) is 0 Å². The highest BCUT2D eigenvalue weighted by Crippen LogP contribution is 2.42. The third-order valence-electron chi connectivity index (χ3n) is 4.21. The lowest BCUT2D eigenvalue weighted by Gasteiger charge is -2.36. The Bertz CT molecular complexity index is 618. The number of aromatic nitrogens is 2. The SMILES string of the molecule is Cc1cc2c(o1)CC(C)(C)CC2NC(C)c1cnccn1. The summed E-state index contributed by atoms with van der Waals surface area (Å²) in [5.74, 6) is 2.13. The molecular weight excluding hydrogens is 262 g/mol. The Labute approximate surface area is 126 Å². The van der Waals surface area contributed by atoms with Crippen molar-refractivity contribution < 1.29 is 4.42 Å².